The Morgan fingerprint density at radius 2 is 1.81 bits per heavy atom. The molecular weight excluding hydrogens is 299 g/mol. The van der Waals surface area contributed by atoms with Crippen LogP contribution in [0.15, 0.2) is 29.2 Å². The third-order valence-corrected chi connectivity index (χ3v) is 5.19. The number of alkyl halides is 3. The highest BCUT2D eigenvalue weighted by Gasteiger charge is 2.51. The van der Waals surface area contributed by atoms with E-state index in [9.17, 15) is 18.3 Å². The molecule has 0 saturated carbocycles. The lowest BCUT2D eigenvalue weighted by Gasteiger charge is -2.32. The van der Waals surface area contributed by atoms with Crippen molar-refractivity contribution in [3.63, 3.8) is 0 Å². The molecule has 1 N–H and O–H groups in total. The van der Waals surface area contributed by atoms with Crippen LogP contribution in [0.1, 0.15) is 38.7 Å². The first-order chi connectivity index (χ1) is 9.72. The molecule has 0 spiro atoms. The molecule has 2 rings (SSSR count). The molecule has 2 atom stereocenters. The molecular formula is C15H20F3NOS. The predicted molar refractivity (Wildman–Crippen MR) is 77.9 cm³/mol. The molecule has 0 aliphatic carbocycles. The van der Waals surface area contributed by atoms with Crippen LogP contribution >= 0.6 is 11.9 Å². The SMILES string of the molecule is C[C@H]1CCCCN1Sc1ccc(C(C)(O)C(F)(F)F)cc1. The van der Waals surface area contributed by atoms with Gasteiger partial charge in [-0.3, -0.25) is 0 Å². The highest BCUT2D eigenvalue weighted by atomic mass is 32.2. The molecule has 1 heterocycles. The average Bonchev–Trinajstić information content (AvgIpc) is 2.41. The molecule has 1 aliphatic rings. The summed E-state index contributed by atoms with van der Waals surface area (Å²) in [7, 11) is 0. The van der Waals surface area contributed by atoms with E-state index in [0.29, 0.717) is 6.04 Å². The van der Waals surface area contributed by atoms with E-state index in [4.69, 9.17) is 0 Å². The van der Waals surface area contributed by atoms with Gasteiger partial charge in [0.15, 0.2) is 5.60 Å². The third-order valence-electron chi connectivity index (χ3n) is 3.93. The Morgan fingerprint density at radius 1 is 1.19 bits per heavy atom. The molecule has 118 valence electrons. The Hall–Kier alpha value is -0.720. The van der Waals surface area contributed by atoms with E-state index in [1.165, 1.54) is 18.6 Å². The first kappa shape index (κ1) is 16.6. The van der Waals surface area contributed by atoms with Crippen LogP contribution in [0.25, 0.3) is 0 Å². The summed E-state index contributed by atoms with van der Waals surface area (Å²) >= 11 is 1.57. The Bertz CT molecular complexity index is 473. The van der Waals surface area contributed by atoms with Crippen molar-refractivity contribution in [1.82, 2.24) is 4.31 Å². The molecule has 2 nitrogen and oxygen atoms in total. The standard InChI is InChI=1S/C15H20F3NOS/c1-11-5-3-4-10-19(11)21-13-8-6-12(7-9-13)14(2,20)15(16,17)18/h6-9,11,20H,3-5,10H2,1-2H3/t11-,14?/m0/s1. The Morgan fingerprint density at radius 3 is 2.33 bits per heavy atom. The topological polar surface area (TPSA) is 23.5 Å². The molecule has 1 unspecified atom stereocenters. The van der Waals surface area contributed by atoms with E-state index in [1.54, 1.807) is 24.1 Å². The van der Waals surface area contributed by atoms with Crippen molar-refractivity contribution in [3.8, 4) is 0 Å². The molecule has 1 aliphatic heterocycles. The zero-order chi connectivity index (χ0) is 15.7. The van der Waals surface area contributed by atoms with Crippen LogP contribution < -0.4 is 0 Å². The highest BCUT2D eigenvalue weighted by Crippen LogP contribution is 2.39. The molecule has 0 aromatic heterocycles. The number of hydrogen-bond acceptors (Lipinski definition) is 3. The molecule has 6 heteroatoms. The summed E-state index contributed by atoms with van der Waals surface area (Å²) in [5.74, 6) is 0. The average molecular weight is 319 g/mol. The third kappa shape index (κ3) is 3.73. The fraction of sp³-hybridized carbons (Fsp3) is 0.600. The van der Waals surface area contributed by atoms with E-state index in [2.05, 4.69) is 11.2 Å². The van der Waals surface area contributed by atoms with Gasteiger partial charge in [0.25, 0.3) is 0 Å². The van der Waals surface area contributed by atoms with E-state index in [-0.39, 0.29) is 5.56 Å². The summed E-state index contributed by atoms with van der Waals surface area (Å²) in [5.41, 5.74) is -2.94. The Balaban J connectivity index is 2.09. The van der Waals surface area contributed by atoms with Crippen LogP contribution in [0.5, 0.6) is 0 Å². The van der Waals surface area contributed by atoms with Crippen LogP contribution in [-0.4, -0.2) is 28.2 Å². The summed E-state index contributed by atoms with van der Waals surface area (Å²) in [6, 6.07) is 6.46. The van der Waals surface area contributed by atoms with E-state index in [1.807, 2.05) is 0 Å². The van der Waals surface area contributed by atoms with E-state index >= 15 is 0 Å². The number of benzene rings is 1. The number of piperidine rings is 1. The van der Waals surface area contributed by atoms with Gasteiger partial charge in [-0.1, -0.05) is 18.6 Å². The van der Waals surface area contributed by atoms with Gasteiger partial charge in [0, 0.05) is 17.5 Å². The second kappa shape index (κ2) is 6.18. The quantitative estimate of drug-likeness (QED) is 0.839. The van der Waals surface area contributed by atoms with Crippen LogP contribution in [0, 0.1) is 0 Å². The minimum Gasteiger partial charge on any atom is -0.376 e. The second-order valence-electron chi connectivity index (χ2n) is 5.67. The van der Waals surface area contributed by atoms with Crippen molar-refractivity contribution in [3.05, 3.63) is 29.8 Å². The van der Waals surface area contributed by atoms with E-state index < -0.39 is 11.8 Å². The molecule has 1 saturated heterocycles. The van der Waals surface area contributed by atoms with Gasteiger partial charge >= 0.3 is 6.18 Å². The molecule has 0 amide bonds. The van der Waals surface area contributed by atoms with Gasteiger partial charge in [-0.15, -0.1) is 0 Å². The number of halogens is 3. The largest absolute Gasteiger partial charge is 0.421 e. The minimum atomic E-state index is -4.68. The van der Waals surface area contributed by atoms with Crippen LogP contribution in [-0.2, 0) is 5.60 Å². The number of hydrogen-bond donors (Lipinski definition) is 1. The fourth-order valence-corrected chi connectivity index (χ4v) is 3.38. The predicted octanol–water partition coefficient (Wildman–Crippen LogP) is 4.34. The van der Waals surface area contributed by atoms with E-state index in [0.717, 1.165) is 31.2 Å². The minimum absolute atomic E-state index is 0.133. The molecule has 0 bridgehead atoms. The summed E-state index contributed by atoms with van der Waals surface area (Å²) in [5, 5.41) is 9.63. The number of nitrogens with zero attached hydrogens (tertiary/aromatic N) is 1. The first-order valence-electron chi connectivity index (χ1n) is 7.06. The summed E-state index contributed by atoms with van der Waals surface area (Å²) in [4.78, 5) is 0.894. The van der Waals surface area contributed by atoms with Crippen molar-refractivity contribution in [2.75, 3.05) is 6.54 Å². The van der Waals surface area contributed by atoms with Crippen molar-refractivity contribution >= 4 is 11.9 Å². The van der Waals surface area contributed by atoms with Crippen LogP contribution in [0.3, 0.4) is 0 Å². The van der Waals surface area contributed by atoms with Gasteiger partial charge in [0.05, 0.1) is 0 Å². The monoisotopic (exact) mass is 319 g/mol. The van der Waals surface area contributed by atoms with Crippen LogP contribution in [0.4, 0.5) is 13.2 Å². The Labute approximate surface area is 127 Å². The first-order valence-corrected chi connectivity index (χ1v) is 7.83. The van der Waals surface area contributed by atoms with Crippen molar-refractivity contribution < 1.29 is 18.3 Å². The smallest absolute Gasteiger partial charge is 0.376 e. The maximum atomic E-state index is 12.8. The summed E-state index contributed by atoms with van der Waals surface area (Å²) in [6.07, 6.45) is -1.15. The lowest BCUT2D eigenvalue weighted by atomic mass is 9.96. The second-order valence-corrected chi connectivity index (χ2v) is 6.79. The maximum absolute atomic E-state index is 12.8. The van der Waals surface area contributed by atoms with Gasteiger partial charge in [-0.25, -0.2) is 4.31 Å². The summed E-state index contributed by atoms with van der Waals surface area (Å²) < 4.78 is 40.6. The zero-order valence-electron chi connectivity index (χ0n) is 12.2. The lowest BCUT2D eigenvalue weighted by Crippen LogP contribution is -2.39. The van der Waals surface area contributed by atoms with Crippen molar-refractivity contribution in [1.29, 1.82) is 0 Å². The Kier molecular flexibility index (Phi) is 4.90. The lowest BCUT2D eigenvalue weighted by molar-refractivity contribution is -0.258. The number of rotatable bonds is 3. The van der Waals surface area contributed by atoms with Gasteiger partial charge in [0.1, 0.15) is 0 Å². The van der Waals surface area contributed by atoms with Crippen LogP contribution in [0.2, 0.25) is 0 Å². The van der Waals surface area contributed by atoms with Crippen molar-refractivity contribution in [2.24, 2.45) is 0 Å². The van der Waals surface area contributed by atoms with Crippen molar-refractivity contribution in [2.45, 2.75) is 55.8 Å². The van der Waals surface area contributed by atoms with Gasteiger partial charge in [0.2, 0.25) is 0 Å². The molecule has 21 heavy (non-hydrogen) atoms. The van der Waals surface area contributed by atoms with Gasteiger partial charge in [-0.05, 0) is 56.3 Å². The molecule has 0 radical (unpaired) electrons. The van der Waals surface area contributed by atoms with Gasteiger partial charge < -0.3 is 5.11 Å². The zero-order valence-corrected chi connectivity index (χ0v) is 13.0. The fourth-order valence-electron chi connectivity index (χ4n) is 2.35. The van der Waals surface area contributed by atoms with Gasteiger partial charge in [-0.2, -0.15) is 13.2 Å². The molecule has 1 aromatic carbocycles. The highest BCUT2D eigenvalue weighted by molar-refractivity contribution is 7.97. The molecule has 1 aromatic rings. The maximum Gasteiger partial charge on any atom is 0.421 e. The normalized spacial score (nSPS) is 23.8. The number of aliphatic hydroxyl groups is 1. The molecule has 1 fully saturated rings. The summed E-state index contributed by atoms with van der Waals surface area (Å²) in [6.45, 7) is 3.94.